The maximum atomic E-state index is 14.2. The third-order valence-electron chi connectivity index (χ3n) is 3.42. The first-order valence-corrected chi connectivity index (χ1v) is 7.39. The van der Waals surface area contributed by atoms with E-state index in [1.165, 1.54) is 11.6 Å². The minimum absolute atomic E-state index is 0.120. The molecule has 1 aliphatic rings. The second-order valence-electron chi connectivity index (χ2n) is 4.93. The van der Waals surface area contributed by atoms with Crippen LogP contribution in [0.2, 0.25) is 0 Å². The Morgan fingerprint density at radius 1 is 1.26 bits per heavy atom. The third kappa shape index (κ3) is 2.80. The van der Waals surface area contributed by atoms with Crippen LogP contribution in [0, 0.1) is 5.82 Å². The maximum absolute atomic E-state index is 14.2. The third-order valence-corrected chi connectivity index (χ3v) is 4.16. The largest absolute Gasteiger partial charge is 0.392 e. The number of halogens is 1. The number of hydrogen-bond acceptors (Lipinski definition) is 3. The molecular formula is C15H16FNOS. The van der Waals surface area contributed by atoms with Crippen molar-refractivity contribution in [3.8, 4) is 0 Å². The lowest BCUT2D eigenvalue weighted by atomic mass is 10.1. The molecule has 3 rings (SSSR count). The summed E-state index contributed by atoms with van der Waals surface area (Å²) in [5.41, 5.74) is 2.49. The summed E-state index contributed by atoms with van der Waals surface area (Å²) in [5, 5.41) is 13.2. The molecule has 0 unspecified atom stereocenters. The van der Waals surface area contributed by atoms with Gasteiger partial charge in [0.2, 0.25) is 0 Å². The highest BCUT2D eigenvalue weighted by molar-refractivity contribution is 7.07. The van der Waals surface area contributed by atoms with Crippen molar-refractivity contribution in [3.63, 3.8) is 0 Å². The van der Waals surface area contributed by atoms with E-state index >= 15 is 0 Å². The van der Waals surface area contributed by atoms with Gasteiger partial charge in [-0.15, -0.1) is 0 Å². The average Bonchev–Trinajstić information content (AvgIpc) is 3.14. The minimum atomic E-state index is -0.242. The van der Waals surface area contributed by atoms with Crippen LogP contribution in [-0.2, 0) is 13.2 Å². The molecule has 1 aromatic heterocycles. The molecule has 1 heterocycles. The zero-order chi connectivity index (χ0) is 13.2. The highest BCUT2D eigenvalue weighted by Crippen LogP contribution is 2.35. The number of nitrogens with zero attached hydrogens (tertiary/aromatic N) is 1. The predicted octanol–water partition coefficient (Wildman–Crippen LogP) is 3.55. The quantitative estimate of drug-likeness (QED) is 0.903. The molecule has 4 heteroatoms. The first-order valence-electron chi connectivity index (χ1n) is 6.45. The number of rotatable bonds is 5. The van der Waals surface area contributed by atoms with Crippen molar-refractivity contribution in [2.75, 3.05) is 4.90 Å². The van der Waals surface area contributed by atoms with Crippen LogP contribution in [0.5, 0.6) is 0 Å². The number of anilines is 1. The predicted molar refractivity (Wildman–Crippen MR) is 75.8 cm³/mol. The highest BCUT2D eigenvalue weighted by atomic mass is 32.1. The van der Waals surface area contributed by atoms with Crippen LogP contribution in [0.15, 0.2) is 35.0 Å². The number of benzene rings is 1. The van der Waals surface area contributed by atoms with Gasteiger partial charge in [-0.25, -0.2) is 4.39 Å². The van der Waals surface area contributed by atoms with Crippen molar-refractivity contribution in [3.05, 3.63) is 52.0 Å². The zero-order valence-electron chi connectivity index (χ0n) is 10.6. The Morgan fingerprint density at radius 2 is 2.11 bits per heavy atom. The first-order chi connectivity index (χ1) is 9.28. The van der Waals surface area contributed by atoms with Crippen LogP contribution in [0.4, 0.5) is 10.1 Å². The molecule has 1 saturated carbocycles. The van der Waals surface area contributed by atoms with E-state index in [4.69, 9.17) is 5.11 Å². The van der Waals surface area contributed by atoms with Crippen LogP contribution < -0.4 is 4.90 Å². The molecule has 0 radical (unpaired) electrons. The number of aliphatic hydroxyl groups excluding tert-OH is 1. The van der Waals surface area contributed by atoms with Gasteiger partial charge in [-0.1, -0.05) is 6.07 Å². The number of hydrogen-bond donors (Lipinski definition) is 1. The average molecular weight is 277 g/mol. The summed E-state index contributed by atoms with van der Waals surface area (Å²) >= 11 is 1.67. The summed E-state index contributed by atoms with van der Waals surface area (Å²) in [6.45, 7) is 0.634. The van der Waals surface area contributed by atoms with E-state index in [0.29, 0.717) is 17.3 Å². The number of aliphatic hydroxyl groups is 1. The Kier molecular flexibility index (Phi) is 3.53. The van der Waals surface area contributed by atoms with E-state index in [2.05, 4.69) is 16.3 Å². The van der Waals surface area contributed by atoms with Crippen LogP contribution in [-0.4, -0.2) is 11.1 Å². The van der Waals surface area contributed by atoms with Gasteiger partial charge in [-0.3, -0.25) is 0 Å². The molecule has 1 aromatic carbocycles. The molecule has 19 heavy (non-hydrogen) atoms. The van der Waals surface area contributed by atoms with Crippen molar-refractivity contribution in [1.29, 1.82) is 0 Å². The molecule has 0 aliphatic heterocycles. The summed E-state index contributed by atoms with van der Waals surface area (Å²) in [4.78, 5) is 2.14. The van der Waals surface area contributed by atoms with Crippen LogP contribution in [0.25, 0.3) is 0 Å². The summed E-state index contributed by atoms with van der Waals surface area (Å²) in [6, 6.07) is 7.54. The summed E-state index contributed by atoms with van der Waals surface area (Å²) in [6.07, 6.45) is 2.26. The molecule has 2 nitrogen and oxygen atoms in total. The molecule has 1 N–H and O–H groups in total. The van der Waals surface area contributed by atoms with Gasteiger partial charge < -0.3 is 10.0 Å². The van der Waals surface area contributed by atoms with Gasteiger partial charge in [-0.05, 0) is 52.9 Å². The molecule has 1 aliphatic carbocycles. The summed E-state index contributed by atoms with van der Waals surface area (Å²) < 4.78 is 14.2. The fraction of sp³-hybridized carbons (Fsp3) is 0.333. The van der Waals surface area contributed by atoms with Crippen molar-refractivity contribution < 1.29 is 9.50 Å². The Balaban J connectivity index is 1.87. The Labute approximate surface area is 116 Å². The lowest BCUT2D eigenvalue weighted by Gasteiger charge is -2.25. The van der Waals surface area contributed by atoms with Gasteiger partial charge in [0.15, 0.2) is 0 Å². The zero-order valence-corrected chi connectivity index (χ0v) is 11.4. The maximum Gasteiger partial charge on any atom is 0.146 e. The van der Waals surface area contributed by atoms with Crippen molar-refractivity contribution in [2.24, 2.45) is 0 Å². The fourth-order valence-electron chi connectivity index (χ4n) is 2.26. The molecule has 100 valence electrons. The van der Waals surface area contributed by atoms with Gasteiger partial charge in [0.05, 0.1) is 12.3 Å². The summed E-state index contributed by atoms with van der Waals surface area (Å²) in [7, 11) is 0. The Morgan fingerprint density at radius 3 is 2.68 bits per heavy atom. The van der Waals surface area contributed by atoms with Gasteiger partial charge >= 0.3 is 0 Å². The van der Waals surface area contributed by atoms with E-state index in [-0.39, 0.29) is 12.4 Å². The molecule has 0 saturated heterocycles. The molecule has 0 amide bonds. The van der Waals surface area contributed by atoms with Gasteiger partial charge in [0.25, 0.3) is 0 Å². The Hall–Kier alpha value is -1.39. The van der Waals surface area contributed by atoms with E-state index in [0.717, 1.165) is 19.4 Å². The second-order valence-corrected chi connectivity index (χ2v) is 5.71. The van der Waals surface area contributed by atoms with Crippen LogP contribution >= 0.6 is 11.3 Å². The van der Waals surface area contributed by atoms with E-state index in [9.17, 15) is 4.39 Å². The SMILES string of the molecule is OCc1ccc(N(Cc2ccsc2)C2CC2)c(F)c1. The van der Waals surface area contributed by atoms with E-state index < -0.39 is 0 Å². The summed E-state index contributed by atoms with van der Waals surface area (Å²) in [5.74, 6) is -0.242. The van der Waals surface area contributed by atoms with E-state index in [1.54, 1.807) is 23.5 Å². The molecule has 0 atom stereocenters. The lowest BCUT2D eigenvalue weighted by molar-refractivity contribution is 0.281. The van der Waals surface area contributed by atoms with E-state index in [1.807, 2.05) is 5.38 Å². The molecule has 0 bridgehead atoms. The van der Waals surface area contributed by atoms with Gasteiger partial charge in [0.1, 0.15) is 5.82 Å². The molecular weight excluding hydrogens is 261 g/mol. The minimum Gasteiger partial charge on any atom is -0.392 e. The van der Waals surface area contributed by atoms with Crippen molar-refractivity contribution >= 4 is 17.0 Å². The van der Waals surface area contributed by atoms with Gasteiger partial charge in [-0.2, -0.15) is 11.3 Å². The molecule has 0 spiro atoms. The monoisotopic (exact) mass is 277 g/mol. The smallest absolute Gasteiger partial charge is 0.146 e. The topological polar surface area (TPSA) is 23.5 Å². The molecule has 2 aromatic rings. The first kappa shape index (κ1) is 12.6. The fourth-order valence-corrected chi connectivity index (χ4v) is 2.92. The number of thiophene rings is 1. The highest BCUT2D eigenvalue weighted by Gasteiger charge is 2.30. The van der Waals surface area contributed by atoms with Crippen LogP contribution in [0.3, 0.4) is 0 Å². The molecule has 1 fully saturated rings. The van der Waals surface area contributed by atoms with Gasteiger partial charge in [0, 0.05) is 12.6 Å². The van der Waals surface area contributed by atoms with Crippen molar-refractivity contribution in [1.82, 2.24) is 0 Å². The standard InChI is InChI=1S/C15H16FNOS/c16-14-7-11(9-18)1-4-15(14)17(13-2-3-13)8-12-5-6-19-10-12/h1,4-7,10,13,18H,2-3,8-9H2. The second kappa shape index (κ2) is 5.31. The van der Waals surface area contributed by atoms with Crippen molar-refractivity contribution in [2.45, 2.75) is 32.0 Å². The lowest BCUT2D eigenvalue weighted by Crippen LogP contribution is -2.25. The normalized spacial score (nSPS) is 14.6. The van der Waals surface area contributed by atoms with Crippen LogP contribution in [0.1, 0.15) is 24.0 Å². The Bertz CT molecular complexity index is 551.